The number of hydrogen-bond acceptors (Lipinski definition) is 5. The highest BCUT2D eigenvalue weighted by Gasteiger charge is 2.26. The van der Waals surface area contributed by atoms with Crippen LogP contribution in [0.5, 0.6) is 0 Å². The summed E-state index contributed by atoms with van der Waals surface area (Å²) in [7, 11) is 0. The van der Waals surface area contributed by atoms with Crippen LogP contribution in [-0.4, -0.2) is 41.3 Å². The normalized spacial score (nSPS) is 20.5. The van der Waals surface area contributed by atoms with E-state index in [2.05, 4.69) is 42.7 Å². The topological polar surface area (TPSA) is 51.4 Å². The average molecular weight is 239 g/mol. The molecule has 5 nitrogen and oxygen atoms in total. The van der Waals surface area contributed by atoms with Crippen molar-refractivity contribution >= 4 is 0 Å². The van der Waals surface area contributed by atoms with Crippen molar-refractivity contribution in [3.8, 4) is 0 Å². The summed E-state index contributed by atoms with van der Waals surface area (Å²) in [5.41, 5.74) is -0.0630. The minimum atomic E-state index is -0.0630. The smallest absolute Gasteiger partial charge is 0.243 e. The van der Waals surface area contributed by atoms with Crippen molar-refractivity contribution in [1.29, 1.82) is 0 Å². The first-order valence-corrected chi connectivity index (χ1v) is 6.14. The second-order valence-electron chi connectivity index (χ2n) is 5.53. The molecule has 1 saturated heterocycles. The molecule has 17 heavy (non-hydrogen) atoms. The molecule has 2 rings (SSSR count). The van der Waals surface area contributed by atoms with Gasteiger partial charge in [-0.2, -0.15) is 4.98 Å². The molecular formula is C12H21N3O2. The molecule has 0 N–H and O–H groups in total. The predicted octanol–water partition coefficient (Wildman–Crippen LogP) is 1.76. The summed E-state index contributed by atoms with van der Waals surface area (Å²) in [5.74, 6) is 1.48. The Balaban J connectivity index is 2.08. The molecule has 1 fully saturated rings. The zero-order valence-electron chi connectivity index (χ0n) is 11.1. The summed E-state index contributed by atoms with van der Waals surface area (Å²) in [6.45, 7) is 11.8. The fraction of sp³-hybridized carbons (Fsp3) is 0.833. The first-order valence-electron chi connectivity index (χ1n) is 6.14. The summed E-state index contributed by atoms with van der Waals surface area (Å²) in [6.07, 6.45) is 0. The van der Waals surface area contributed by atoms with E-state index in [4.69, 9.17) is 9.26 Å². The lowest BCUT2D eigenvalue weighted by Gasteiger charge is -2.30. The van der Waals surface area contributed by atoms with E-state index in [1.54, 1.807) is 0 Å². The van der Waals surface area contributed by atoms with Gasteiger partial charge in [0.25, 0.3) is 0 Å². The number of hydrogen-bond donors (Lipinski definition) is 0. The lowest BCUT2D eigenvalue weighted by molar-refractivity contribution is 0.0134. The Morgan fingerprint density at radius 1 is 1.24 bits per heavy atom. The van der Waals surface area contributed by atoms with Crippen LogP contribution in [0, 0.1) is 0 Å². The largest absolute Gasteiger partial charge is 0.379 e. The van der Waals surface area contributed by atoms with E-state index in [9.17, 15) is 0 Å². The maximum absolute atomic E-state index is 5.36. The molecule has 1 aromatic rings. The molecule has 5 heteroatoms. The number of aromatic nitrogens is 2. The van der Waals surface area contributed by atoms with Gasteiger partial charge in [-0.1, -0.05) is 25.9 Å². The van der Waals surface area contributed by atoms with Gasteiger partial charge in [0.15, 0.2) is 5.82 Å². The molecule has 96 valence electrons. The Labute approximate surface area is 102 Å². The summed E-state index contributed by atoms with van der Waals surface area (Å²) >= 11 is 0. The van der Waals surface area contributed by atoms with Gasteiger partial charge in [0.1, 0.15) is 0 Å². The summed E-state index contributed by atoms with van der Waals surface area (Å²) < 4.78 is 10.7. The predicted molar refractivity (Wildman–Crippen MR) is 63.8 cm³/mol. The first kappa shape index (κ1) is 12.5. The third kappa shape index (κ3) is 2.84. The van der Waals surface area contributed by atoms with E-state index in [-0.39, 0.29) is 11.5 Å². The Hall–Kier alpha value is -0.940. The van der Waals surface area contributed by atoms with Gasteiger partial charge in [-0.15, -0.1) is 0 Å². The standard InChI is InChI=1S/C12H21N3O2/c1-9(15-5-7-16-8-6-15)10-13-11(14-17-10)12(2,3)4/h9H,5-8H2,1-4H3/t9-/m0/s1. The van der Waals surface area contributed by atoms with Gasteiger partial charge in [0, 0.05) is 18.5 Å². The van der Waals surface area contributed by atoms with Crippen LogP contribution in [0.15, 0.2) is 4.52 Å². The molecule has 1 aliphatic rings. The first-order chi connectivity index (χ1) is 7.98. The van der Waals surface area contributed by atoms with Crippen LogP contribution in [0.2, 0.25) is 0 Å². The molecule has 0 aliphatic carbocycles. The van der Waals surface area contributed by atoms with Gasteiger partial charge >= 0.3 is 0 Å². The molecule has 1 aromatic heterocycles. The Kier molecular flexibility index (Phi) is 3.49. The highest BCUT2D eigenvalue weighted by Crippen LogP contribution is 2.23. The van der Waals surface area contributed by atoms with Crippen LogP contribution < -0.4 is 0 Å². The Morgan fingerprint density at radius 3 is 2.41 bits per heavy atom. The Bertz CT molecular complexity index is 364. The van der Waals surface area contributed by atoms with Crippen LogP contribution in [0.4, 0.5) is 0 Å². The van der Waals surface area contributed by atoms with E-state index in [1.807, 2.05) is 0 Å². The van der Waals surface area contributed by atoms with Gasteiger partial charge < -0.3 is 9.26 Å². The third-order valence-electron chi connectivity index (χ3n) is 3.06. The zero-order valence-corrected chi connectivity index (χ0v) is 11.1. The van der Waals surface area contributed by atoms with Crippen LogP contribution in [0.25, 0.3) is 0 Å². The molecule has 2 heterocycles. The lowest BCUT2D eigenvalue weighted by Crippen LogP contribution is -2.38. The molecular weight excluding hydrogens is 218 g/mol. The Morgan fingerprint density at radius 2 is 1.88 bits per heavy atom. The number of nitrogens with zero attached hydrogens (tertiary/aromatic N) is 3. The summed E-state index contributed by atoms with van der Waals surface area (Å²) in [4.78, 5) is 6.81. The average Bonchev–Trinajstić information content (AvgIpc) is 2.78. The number of rotatable bonds is 2. The third-order valence-corrected chi connectivity index (χ3v) is 3.06. The van der Waals surface area contributed by atoms with Crippen molar-refractivity contribution in [2.24, 2.45) is 0 Å². The van der Waals surface area contributed by atoms with E-state index >= 15 is 0 Å². The molecule has 1 atom stereocenters. The highest BCUT2D eigenvalue weighted by molar-refractivity contribution is 5.02. The van der Waals surface area contributed by atoms with Gasteiger partial charge in [-0.3, -0.25) is 4.90 Å². The minimum Gasteiger partial charge on any atom is -0.379 e. The quantitative estimate of drug-likeness (QED) is 0.787. The second-order valence-corrected chi connectivity index (χ2v) is 5.53. The van der Waals surface area contributed by atoms with Crippen molar-refractivity contribution in [3.05, 3.63) is 11.7 Å². The molecule has 0 radical (unpaired) electrons. The monoisotopic (exact) mass is 239 g/mol. The van der Waals surface area contributed by atoms with Crippen molar-refractivity contribution in [3.63, 3.8) is 0 Å². The summed E-state index contributed by atoms with van der Waals surface area (Å²) in [5, 5.41) is 4.06. The van der Waals surface area contributed by atoms with E-state index in [1.165, 1.54) is 0 Å². The van der Waals surface area contributed by atoms with Crippen LogP contribution in [0.3, 0.4) is 0 Å². The zero-order chi connectivity index (χ0) is 12.5. The lowest BCUT2D eigenvalue weighted by atomic mass is 9.96. The maximum atomic E-state index is 5.36. The maximum Gasteiger partial charge on any atom is 0.243 e. The molecule has 0 saturated carbocycles. The molecule has 0 amide bonds. The van der Waals surface area contributed by atoms with Crippen LogP contribution >= 0.6 is 0 Å². The van der Waals surface area contributed by atoms with E-state index in [0.29, 0.717) is 5.89 Å². The summed E-state index contributed by atoms with van der Waals surface area (Å²) in [6, 6.07) is 0.169. The fourth-order valence-corrected chi connectivity index (χ4v) is 1.83. The number of morpholine rings is 1. The minimum absolute atomic E-state index is 0.0630. The van der Waals surface area contributed by atoms with Gasteiger partial charge in [0.2, 0.25) is 5.89 Å². The molecule has 0 bridgehead atoms. The van der Waals surface area contributed by atoms with Crippen molar-refractivity contribution in [2.75, 3.05) is 26.3 Å². The fourth-order valence-electron chi connectivity index (χ4n) is 1.83. The highest BCUT2D eigenvalue weighted by atomic mass is 16.5. The van der Waals surface area contributed by atoms with Gasteiger partial charge in [-0.05, 0) is 6.92 Å². The molecule has 0 spiro atoms. The van der Waals surface area contributed by atoms with Gasteiger partial charge in [-0.25, -0.2) is 0 Å². The van der Waals surface area contributed by atoms with Crippen molar-refractivity contribution < 1.29 is 9.26 Å². The van der Waals surface area contributed by atoms with Crippen LogP contribution in [0.1, 0.15) is 45.5 Å². The van der Waals surface area contributed by atoms with Crippen molar-refractivity contribution in [1.82, 2.24) is 15.0 Å². The molecule has 1 aliphatic heterocycles. The molecule has 0 aromatic carbocycles. The van der Waals surface area contributed by atoms with Crippen molar-refractivity contribution in [2.45, 2.75) is 39.2 Å². The van der Waals surface area contributed by atoms with Crippen LogP contribution in [-0.2, 0) is 10.2 Å². The second kappa shape index (κ2) is 4.74. The molecule has 0 unspecified atom stereocenters. The number of ether oxygens (including phenoxy) is 1. The van der Waals surface area contributed by atoms with E-state index < -0.39 is 0 Å². The SMILES string of the molecule is C[C@@H](c1nc(C(C)(C)C)no1)N1CCOCC1. The van der Waals surface area contributed by atoms with Gasteiger partial charge in [0.05, 0.1) is 19.3 Å². The van der Waals surface area contributed by atoms with E-state index in [0.717, 1.165) is 32.1 Å².